The Morgan fingerprint density at radius 3 is 1.85 bits per heavy atom. The van der Waals surface area contributed by atoms with Gasteiger partial charge in [-0.2, -0.15) is 0 Å². The maximum absolute atomic E-state index is 6.62. The fourth-order valence-corrected chi connectivity index (χ4v) is 9.32. The first-order chi connectivity index (χ1) is 23.6. The first-order valence-corrected chi connectivity index (χ1v) is 16.9. The molecule has 48 heavy (non-hydrogen) atoms. The van der Waals surface area contributed by atoms with Crippen LogP contribution in [0.2, 0.25) is 0 Å². The molecular formula is C47H30O. The van der Waals surface area contributed by atoms with Crippen molar-refractivity contribution in [1.82, 2.24) is 0 Å². The zero-order chi connectivity index (χ0) is 31.7. The van der Waals surface area contributed by atoms with Gasteiger partial charge in [-0.3, -0.25) is 0 Å². The van der Waals surface area contributed by atoms with Crippen LogP contribution in [-0.4, -0.2) is 0 Å². The van der Waals surface area contributed by atoms with Crippen molar-refractivity contribution in [1.29, 1.82) is 0 Å². The number of aryl methyl sites for hydroxylation is 2. The predicted octanol–water partition coefficient (Wildman–Crippen LogP) is 12.4. The molecule has 3 aliphatic rings. The van der Waals surface area contributed by atoms with E-state index in [0.29, 0.717) is 0 Å². The number of hydrogen-bond donors (Lipinski definition) is 0. The molecule has 0 amide bonds. The lowest BCUT2D eigenvalue weighted by atomic mass is 9.61. The largest absolute Gasteiger partial charge is 0.456 e. The van der Waals surface area contributed by atoms with Crippen LogP contribution in [0.3, 0.4) is 0 Å². The Morgan fingerprint density at radius 1 is 0.396 bits per heavy atom. The summed E-state index contributed by atoms with van der Waals surface area (Å²) in [7, 11) is 0. The minimum absolute atomic E-state index is 0.434. The smallest absolute Gasteiger partial charge is 0.135 e. The van der Waals surface area contributed by atoms with E-state index in [1.54, 1.807) is 0 Å². The van der Waals surface area contributed by atoms with Crippen molar-refractivity contribution in [3.8, 4) is 56.0 Å². The average molecular weight is 611 g/mol. The number of fused-ring (bicyclic) bond motifs is 11. The molecule has 0 aromatic heterocycles. The van der Waals surface area contributed by atoms with E-state index in [1.165, 1.54) is 99.4 Å². The minimum Gasteiger partial charge on any atom is -0.456 e. The third kappa shape index (κ3) is 3.08. The van der Waals surface area contributed by atoms with Crippen LogP contribution in [-0.2, 0) is 5.41 Å². The molecule has 1 heteroatoms. The summed E-state index contributed by atoms with van der Waals surface area (Å²) in [5.74, 6) is 1.86. The van der Waals surface area contributed by atoms with Crippen LogP contribution < -0.4 is 4.74 Å². The van der Waals surface area contributed by atoms with Crippen LogP contribution in [0.15, 0.2) is 146 Å². The van der Waals surface area contributed by atoms with E-state index in [4.69, 9.17) is 4.74 Å². The van der Waals surface area contributed by atoms with Gasteiger partial charge in [0.15, 0.2) is 0 Å². The highest BCUT2D eigenvalue weighted by Gasteiger charge is 2.50. The second-order valence-electron chi connectivity index (χ2n) is 13.7. The fourth-order valence-electron chi connectivity index (χ4n) is 9.32. The number of hydrogen-bond acceptors (Lipinski definition) is 1. The van der Waals surface area contributed by atoms with E-state index < -0.39 is 5.41 Å². The molecule has 0 saturated heterocycles. The van der Waals surface area contributed by atoms with Gasteiger partial charge in [0, 0.05) is 10.9 Å². The Hall–Kier alpha value is -5.92. The molecular weight excluding hydrogens is 581 g/mol. The minimum atomic E-state index is -0.434. The summed E-state index contributed by atoms with van der Waals surface area (Å²) in [5, 5.41) is 5.05. The van der Waals surface area contributed by atoms with Crippen LogP contribution >= 0.6 is 0 Å². The molecule has 2 aliphatic carbocycles. The quantitative estimate of drug-likeness (QED) is 0.180. The van der Waals surface area contributed by atoms with Gasteiger partial charge in [-0.1, -0.05) is 127 Å². The van der Waals surface area contributed by atoms with Gasteiger partial charge in [0.1, 0.15) is 11.5 Å². The van der Waals surface area contributed by atoms with Crippen LogP contribution in [0.1, 0.15) is 33.4 Å². The Balaban J connectivity index is 1.25. The number of ether oxygens (including phenoxy) is 1. The van der Waals surface area contributed by atoms with Gasteiger partial charge in [0.05, 0.1) is 5.41 Å². The lowest BCUT2D eigenvalue weighted by Crippen LogP contribution is -2.31. The van der Waals surface area contributed by atoms with Gasteiger partial charge in [-0.15, -0.1) is 0 Å². The van der Waals surface area contributed by atoms with Crippen molar-refractivity contribution in [2.45, 2.75) is 19.3 Å². The van der Waals surface area contributed by atoms with E-state index >= 15 is 0 Å². The number of rotatable bonds is 1. The molecule has 0 fully saturated rings. The molecule has 0 N–H and O–H groups in total. The van der Waals surface area contributed by atoms with Gasteiger partial charge < -0.3 is 4.74 Å². The summed E-state index contributed by atoms with van der Waals surface area (Å²) >= 11 is 0. The molecule has 0 saturated carbocycles. The van der Waals surface area contributed by atoms with Crippen molar-refractivity contribution in [3.05, 3.63) is 179 Å². The third-order valence-corrected chi connectivity index (χ3v) is 11.4. The maximum atomic E-state index is 6.62. The lowest BCUT2D eigenvalue weighted by Gasteiger charge is -2.40. The van der Waals surface area contributed by atoms with E-state index in [2.05, 4.69) is 159 Å². The van der Waals surface area contributed by atoms with Crippen molar-refractivity contribution < 1.29 is 4.74 Å². The molecule has 1 heterocycles. The molecule has 0 bridgehead atoms. The first-order valence-electron chi connectivity index (χ1n) is 16.9. The van der Waals surface area contributed by atoms with E-state index in [0.717, 1.165) is 11.5 Å². The second kappa shape index (κ2) is 9.12. The van der Waals surface area contributed by atoms with Gasteiger partial charge in [0.25, 0.3) is 0 Å². The van der Waals surface area contributed by atoms with Gasteiger partial charge >= 0.3 is 0 Å². The van der Waals surface area contributed by atoms with Gasteiger partial charge in [-0.05, 0) is 121 Å². The molecule has 0 radical (unpaired) electrons. The standard InChI is InChI=1S/C47H30O/c1-27-25-37-35-17-9-16-33-30(23-24-42(46(33)35)48-43(37)26-28(27)2)32-18-10-22-41-45(32)36-14-4-6-20-39(36)47(41)38-19-5-3-13-31(38)34-15-7-11-29-12-8-21-40(47)44(29)34/h3-26H,1-2H3. The molecule has 1 atom stereocenters. The molecule has 1 unspecified atom stereocenters. The van der Waals surface area contributed by atoms with Crippen molar-refractivity contribution in [2.75, 3.05) is 0 Å². The highest BCUT2D eigenvalue weighted by atomic mass is 16.5. The normalized spacial score (nSPS) is 16.0. The predicted molar refractivity (Wildman–Crippen MR) is 198 cm³/mol. The molecule has 8 aromatic carbocycles. The van der Waals surface area contributed by atoms with Crippen molar-refractivity contribution in [2.24, 2.45) is 0 Å². The molecule has 1 spiro atoms. The summed E-state index contributed by atoms with van der Waals surface area (Å²) in [6.45, 7) is 4.34. The fraction of sp³-hybridized carbons (Fsp3) is 0.0638. The van der Waals surface area contributed by atoms with Crippen molar-refractivity contribution >= 4 is 21.5 Å². The van der Waals surface area contributed by atoms with Crippen LogP contribution in [0.4, 0.5) is 0 Å². The SMILES string of the molecule is Cc1cc2c(cc1C)-c1cccc3c(-c4cccc5c4-c4ccccc4C54c5ccccc5-c5cccc6cccc4c56)ccc(c13)O2. The molecule has 11 rings (SSSR count). The molecule has 1 nitrogen and oxygen atoms in total. The molecule has 1 aliphatic heterocycles. The van der Waals surface area contributed by atoms with E-state index in [9.17, 15) is 0 Å². The van der Waals surface area contributed by atoms with Crippen LogP contribution in [0.25, 0.3) is 66.1 Å². The zero-order valence-electron chi connectivity index (χ0n) is 26.8. The van der Waals surface area contributed by atoms with E-state index in [-0.39, 0.29) is 0 Å². The van der Waals surface area contributed by atoms with Gasteiger partial charge in [0.2, 0.25) is 0 Å². The Kier molecular flexibility index (Phi) is 4.97. The topological polar surface area (TPSA) is 9.23 Å². The first kappa shape index (κ1) is 26.2. The summed E-state index contributed by atoms with van der Waals surface area (Å²) in [4.78, 5) is 0. The average Bonchev–Trinajstić information content (AvgIpc) is 3.43. The highest BCUT2D eigenvalue weighted by Crippen LogP contribution is 2.63. The highest BCUT2D eigenvalue weighted by molar-refractivity contribution is 6.13. The Bertz CT molecular complexity index is 2720. The molecule has 8 aromatic rings. The Morgan fingerprint density at radius 2 is 1.00 bits per heavy atom. The second-order valence-corrected chi connectivity index (χ2v) is 13.7. The van der Waals surface area contributed by atoms with Crippen molar-refractivity contribution in [3.63, 3.8) is 0 Å². The summed E-state index contributed by atoms with van der Waals surface area (Å²) in [6.07, 6.45) is 0. The van der Waals surface area contributed by atoms with E-state index in [1.807, 2.05) is 0 Å². The number of benzene rings is 8. The molecule has 224 valence electrons. The maximum Gasteiger partial charge on any atom is 0.135 e. The summed E-state index contributed by atoms with van der Waals surface area (Å²) in [5.41, 5.74) is 17.7. The Labute approximate surface area is 279 Å². The monoisotopic (exact) mass is 610 g/mol. The lowest BCUT2D eigenvalue weighted by molar-refractivity contribution is 0.486. The summed E-state index contributed by atoms with van der Waals surface area (Å²) in [6, 6.07) is 54.5. The van der Waals surface area contributed by atoms with Gasteiger partial charge in [-0.25, -0.2) is 0 Å². The van der Waals surface area contributed by atoms with Crippen LogP contribution in [0.5, 0.6) is 11.5 Å². The third-order valence-electron chi connectivity index (χ3n) is 11.4. The van der Waals surface area contributed by atoms with Crippen LogP contribution in [0, 0.1) is 13.8 Å². The summed E-state index contributed by atoms with van der Waals surface area (Å²) < 4.78 is 6.62. The zero-order valence-corrected chi connectivity index (χ0v) is 26.8.